The van der Waals surface area contributed by atoms with Crippen molar-refractivity contribution in [3.05, 3.63) is 23.8 Å². The van der Waals surface area contributed by atoms with Crippen LogP contribution in [0.5, 0.6) is 0 Å². The van der Waals surface area contributed by atoms with Crippen molar-refractivity contribution in [1.82, 2.24) is 0 Å². The van der Waals surface area contributed by atoms with Crippen molar-refractivity contribution in [3.63, 3.8) is 0 Å². The molecule has 0 aromatic rings. The van der Waals surface area contributed by atoms with Crippen LogP contribution in [0.3, 0.4) is 0 Å². The minimum atomic E-state index is -5.07. The molecular formula is C45H72O21S. The molecule has 10 N–H and O–H groups in total. The van der Waals surface area contributed by atoms with Gasteiger partial charge in [0.05, 0.1) is 44.2 Å². The number of rotatable bonds is 14. The van der Waals surface area contributed by atoms with Gasteiger partial charge in [0.2, 0.25) is 0 Å². The standard InChI is InChI=1S/C45H72O21S/c1-19(17-59-40-37(53)36(52)33(49)28(16-46)62-40)9-12-45(58-6)20(2)31-27(65-45)15-26-24-8-7-22-13-23(47)14-30(44(22,5)25(24)10-11-43(26,31)4)63-42-39(34(50)29(18-60-42)66-67(55,56)57)64-41-38(54)35(51)32(48)21(3)61-41/h7,20-21,23-42,46-54H,1,8-18H2,2-6H3,(H,55,56,57)/t20-,21-,23+,24+,25-,26-,27-,28+,29-,30+,31-,32-,33+,34-,35+,36-,37+,38+,39+,40+,41-,42-,43-,44-,45?/m0/s1. The highest BCUT2D eigenvalue weighted by molar-refractivity contribution is 7.80. The van der Waals surface area contributed by atoms with Gasteiger partial charge in [-0.1, -0.05) is 44.6 Å². The smallest absolute Gasteiger partial charge is 0.394 e. The van der Waals surface area contributed by atoms with Crippen LogP contribution < -0.4 is 0 Å². The number of hydrogen-bond acceptors (Lipinski definition) is 20. The van der Waals surface area contributed by atoms with Gasteiger partial charge in [-0.05, 0) is 74.5 Å². The van der Waals surface area contributed by atoms with Gasteiger partial charge in [-0.15, -0.1) is 0 Å². The largest absolute Gasteiger partial charge is 0.397 e. The number of ether oxygens (including phenoxy) is 8. The summed E-state index contributed by atoms with van der Waals surface area (Å²) in [5.41, 5.74) is 0.938. The van der Waals surface area contributed by atoms with E-state index in [1.165, 1.54) is 6.92 Å². The molecule has 0 amide bonds. The summed E-state index contributed by atoms with van der Waals surface area (Å²) in [6.07, 6.45) is -15.6. The van der Waals surface area contributed by atoms with Crippen molar-refractivity contribution in [2.75, 3.05) is 26.9 Å². The number of methoxy groups -OCH3 is 1. The molecule has 384 valence electrons. The summed E-state index contributed by atoms with van der Waals surface area (Å²) in [4.78, 5) is 0. The lowest BCUT2D eigenvalue weighted by Crippen LogP contribution is -2.63. The zero-order chi connectivity index (χ0) is 48.7. The minimum absolute atomic E-state index is 0.0147. The molecule has 4 aliphatic heterocycles. The van der Waals surface area contributed by atoms with Crippen LogP contribution in [0.4, 0.5) is 0 Å². The highest BCUT2D eigenvalue weighted by Crippen LogP contribution is 2.70. The minimum Gasteiger partial charge on any atom is -0.394 e. The third-order valence-electron chi connectivity index (χ3n) is 17.3. The SMILES string of the molecule is C=C(CCC1(OC)O[C@H]2C[C@H]3[C@@H]4CC=C5C[C@@H](O)C[C@@H](O[C@@H]6OC[C@H](OS(=O)(=O)O)[C@H](O)[C@H]6O[C@@H]6O[C@@H](C)[C@H](O)[C@@H](O)[C@H]6O)[C@]5(C)[C@H]4CC[C@]3(C)[C@H]2[C@@H]1C)CO[C@@H]1O[C@H](CO)[C@@H](O)[C@H](O)[C@H]1O. The van der Waals surface area contributed by atoms with Gasteiger partial charge < -0.3 is 83.9 Å². The molecular weight excluding hydrogens is 909 g/mol. The van der Waals surface area contributed by atoms with E-state index in [-0.39, 0.29) is 54.1 Å². The lowest BCUT2D eigenvalue weighted by molar-refractivity contribution is -0.361. The van der Waals surface area contributed by atoms with E-state index < -0.39 is 133 Å². The maximum Gasteiger partial charge on any atom is 0.397 e. The first-order valence-electron chi connectivity index (χ1n) is 23.6. The molecule has 4 aliphatic carbocycles. The van der Waals surface area contributed by atoms with Gasteiger partial charge in [0.15, 0.2) is 24.7 Å². The Bertz CT molecular complexity index is 1910. The van der Waals surface area contributed by atoms with Crippen LogP contribution in [0.1, 0.15) is 79.1 Å². The molecule has 4 saturated heterocycles. The molecule has 8 aliphatic rings. The highest BCUT2D eigenvalue weighted by atomic mass is 32.3. The molecule has 67 heavy (non-hydrogen) atoms. The molecule has 0 radical (unpaired) electrons. The molecule has 4 heterocycles. The first-order chi connectivity index (χ1) is 31.5. The topological polar surface area (TPSA) is 320 Å². The second-order valence-electron chi connectivity index (χ2n) is 20.9. The predicted octanol–water partition coefficient (Wildman–Crippen LogP) is -0.820. The quantitative estimate of drug-likeness (QED) is 0.0751. The van der Waals surface area contributed by atoms with E-state index in [4.69, 9.17) is 42.1 Å². The molecule has 8 rings (SSSR count). The lowest BCUT2D eigenvalue weighted by Gasteiger charge is -2.60. The second kappa shape index (κ2) is 19.6. The second-order valence-corrected chi connectivity index (χ2v) is 22.0. The Kier molecular flexibility index (Phi) is 15.2. The van der Waals surface area contributed by atoms with Crippen LogP contribution in [-0.2, 0) is 52.5 Å². The molecule has 21 nitrogen and oxygen atoms in total. The zero-order valence-corrected chi connectivity index (χ0v) is 39.5. The fourth-order valence-corrected chi connectivity index (χ4v) is 14.2. The summed E-state index contributed by atoms with van der Waals surface area (Å²) in [6, 6.07) is 0. The van der Waals surface area contributed by atoms with Crippen molar-refractivity contribution >= 4 is 10.4 Å². The molecule has 0 spiro atoms. The summed E-state index contributed by atoms with van der Waals surface area (Å²) in [7, 11) is -3.42. The van der Waals surface area contributed by atoms with Crippen LogP contribution >= 0.6 is 0 Å². The summed E-state index contributed by atoms with van der Waals surface area (Å²) >= 11 is 0. The Labute approximate surface area is 390 Å². The fourth-order valence-electron chi connectivity index (χ4n) is 13.7. The van der Waals surface area contributed by atoms with E-state index in [1.807, 2.05) is 0 Å². The Morgan fingerprint density at radius 3 is 2.27 bits per heavy atom. The van der Waals surface area contributed by atoms with E-state index in [0.717, 1.165) is 31.3 Å². The average molecular weight is 981 g/mol. The van der Waals surface area contributed by atoms with Crippen molar-refractivity contribution < 1.29 is 101 Å². The number of fused-ring (bicyclic) bond motifs is 7. The van der Waals surface area contributed by atoms with E-state index in [0.29, 0.717) is 24.8 Å². The normalized spacial score (nSPS) is 52.1. The number of hydrogen-bond donors (Lipinski definition) is 10. The van der Waals surface area contributed by atoms with E-state index in [2.05, 4.69) is 33.4 Å². The van der Waals surface area contributed by atoms with Crippen LogP contribution in [0.15, 0.2) is 23.8 Å². The van der Waals surface area contributed by atoms with Crippen molar-refractivity contribution in [2.45, 2.75) is 189 Å². The van der Waals surface area contributed by atoms with Crippen LogP contribution in [-0.4, -0.2) is 196 Å². The first kappa shape index (κ1) is 52.0. The van der Waals surface area contributed by atoms with Gasteiger partial charge >= 0.3 is 10.4 Å². The van der Waals surface area contributed by atoms with Crippen LogP contribution in [0.2, 0.25) is 0 Å². The van der Waals surface area contributed by atoms with Gasteiger partial charge in [0.25, 0.3) is 0 Å². The monoisotopic (exact) mass is 980 g/mol. The van der Waals surface area contributed by atoms with E-state index in [1.54, 1.807) is 7.11 Å². The number of aliphatic hydroxyl groups is 9. The Balaban J connectivity index is 0.967. The van der Waals surface area contributed by atoms with Crippen LogP contribution in [0, 0.1) is 40.4 Å². The molecule has 22 heteroatoms. The van der Waals surface area contributed by atoms with E-state index >= 15 is 0 Å². The van der Waals surface area contributed by atoms with Crippen molar-refractivity contribution in [3.8, 4) is 0 Å². The number of aliphatic hydroxyl groups excluding tert-OH is 9. The molecule has 1 unspecified atom stereocenters. The van der Waals surface area contributed by atoms with Crippen LogP contribution in [0.25, 0.3) is 0 Å². The van der Waals surface area contributed by atoms with Gasteiger partial charge in [-0.3, -0.25) is 4.55 Å². The summed E-state index contributed by atoms with van der Waals surface area (Å²) in [5.74, 6) is -0.245. The molecule has 25 atom stereocenters. The zero-order valence-electron chi connectivity index (χ0n) is 38.6. The maximum absolute atomic E-state index is 11.8. The molecule has 3 saturated carbocycles. The third kappa shape index (κ3) is 9.37. The predicted molar refractivity (Wildman–Crippen MR) is 228 cm³/mol. The highest BCUT2D eigenvalue weighted by Gasteiger charge is 2.69. The summed E-state index contributed by atoms with van der Waals surface area (Å²) in [6.45, 7) is 11.2. The van der Waals surface area contributed by atoms with Gasteiger partial charge in [0, 0.05) is 31.3 Å². The molecule has 7 fully saturated rings. The van der Waals surface area contributed by atoms with Gasteiger partial charge in [-0.25, -0.2) is 4.18 Å². The van der Waals surface area contributed by atoms with Gasteiger partial charge in [0.1, 0.15) is 61.0 Å². The Morgan fingerprint density at radius 2 is 1.58 bits per heavy atom. The Hall–Kier alpha value is -1.33. The first-order valence-corrected chi connectivity index (χ1v) is 25.0. The maximum atomic E-state index is 11.8. The molecule has 0 bridgehead atoms. The fraction of sp³-hybridized carbons (Fsp3) is 0.911. The lowest BCUT2D eigenvalue weighted by atomic mass is 9.46. The Morgan fingerprint density at radius 1 is 0.881 bits per heavy atom. The molecule has 0 aromatic carbocycles. The molecule has 0 aromatic heterocycles. The van der Waals surface area contributed by atoms with E-state index in [9.17, 15) is 58.9 Å². The third-order valence-corrected chi connectivity index (χ3v) is 17.8. The summed E-state index contributed by atoms with van der Waals surface area (Å²) < 4.78 is 86.7. The van der Waals surface area contributed by atoms with Gasteiger partial charge in [-0.2, -0.15) is 8.42 Å². The average Bonchev–Trinajstić information content (AvgIpc) is 3.74. The number of allylic oxidation sites excluding steroid dienone is 1. The van der Waals surface area contributed by atoms with Crippen molar-refractivity contribution in [1.29, 1.82) is 0 Å². The van der Waals surface area contributed by atoms with Crippen molar-refractivity contribution in [2.24, 2.45) is 40.4 Å². The summed E-state index contributed by atoms with van der Waals surface area (Å²) in [5, 5.41) is 94.8.